The van der Waals surface area contributed by atoms with Gasteiger partial charge < -0.3 is 29.9 Å². The Kier molecular flexibility index (Phi) is 9.57. The third kappa shape index (κ3) is 7.13. The number of hydrogen-bond donors (Lipinski definition) is 2. The van der Waals surface area contributed by atoms with Gasteiger partial charge in [-0.3, -0.25) is 4.79 Å². The van der Waals surface area contributed by atoms with E-state index < -0.39 is 6.09 Å². The van der Waals surface area contributed by atoms with Crippen LogP contribution >= 0.6 is 0 Å². The number of carbonyl (C=O) groups is 2. The van der Waals surface area contributed by atoms with E-state index in [0.29, 0.717) is 43.7 Å². The summed E-state index contributed by atoms with van der Waals surface area (Å²) in [6.45, 7) is 6.44. The zero-order chi connectivity index (χ0) is 30.5. The molecule has 2 aromatic heterocycles. The van der Waals surface area contributed by atoms with Crippen molar-refractivity contribution in [3.8, 4) is 11.3 Å². The van der Waals surface area contributed by atoms with Gasteiger partial charge in [0, 0.05) is 75.7 Å². The van der Waals surface area contributed by atoms with Crippen LogP contribution < -0.4 is 10.2 Å². The molecule has 4 heterocycles. The van der Waals surface area contributed by atoms with E-state index in [9.17, 15) is 14.7 Å². The second-order valence-electron chi connectivity index (χ2n) is 12.6. The predicted octanol–water partition coefficient (Wildman–Crippen LogP) is 4.74. The number of rotatable bonds is 8. The van der Waals surface area contributed by atoms with Crippen molar-refractivity contribution >= 4 is 28.7 Å². The van der Waals surface area contributed by atoms with Gasteiger partial charge in [-0.15, -0.1) is 0 Å². The first kappa shape index (κ1) is 30.3. The van der Waals surface area contributed by atoms with Crippen molar-refractivity contribution in [2.45, 2.75) is 44.6 Å². The van der Waals surface area contributed by atoms with Crippen LogP contribution in [-0.4, -0.2) is 102 Å². The van der Waals surface area contributed by atoms with Crippen LogP contribution in [0.15, 0.2) is 48.7 Å². The highest BCUT2D eigenvalue weighted by Gasteiger charge is 2.30. The van der Waals surface area contributed by atoms with Gasteiger partial charge in [-0.2, -0.15) is 0 Å². The Bertz CT molecular complexity index is 1430. The number of anilines is 1. The Morgan fingerprint density at radius 3 is 2.41 bits per heavy atom. The lowest BCUT2D eigenvalue weighted by Crippen LogP contribution is -2.45. The van der Waals surface area contributed by atoms with E-state index in [-0.39, 0.29) is 11.9 Å². The van der Waals surface area contributed by atoms with Crippen LogP contribution in [0.3, 0.4) is 0 Å². The third-order valence-corrected chi connectivity index (χ3v) is 9.68. The van der Waals surface area contributed by atoms with Crippen LogP contribution in [0.4, 0.5) is 10.6 Å². The van der Waals surface area contributed by atoms with Crippen LogP contribution in [0.1, 0.15) is 48.9 Å². The van der Waals surface area contributed by atoms with Crippen LogP contribution in [-0.2, 0) is 4.74 Å². The van der Waals surface area contributed by atoms with Crippen LogP contribution in [0.2, 0.25) is 0 Å². The summed E-state index contributed by atoms with van der Waals surface area (Å²) < 4.78 is 5.43. The summed E-state index contributed by atoms with van der Waals surface area (Å²) in [6, 6.07) is 13.8. The number of fused-ring (bicyclic) bond motifs is 1. The standard InChI is InChI=1S/C34H44N6O4/c1-38-14-16-39(17-15-38)32-11-10-26(22-35-32)31-20-29(28-4-2-3-5-30(28)37-31)33(41)36-21-24-6-8-25(9-7-24)23-40(34(42)43)27-12-18-44-19-13-27/h2-5,10-11,20,22,24-25,27H,6-9,12-19,21,23H2,1H3,(H,36,41)(H,42,43). The van der Waals surface area contributed by atoms with Crippen molar-refractivity contribution in [2.75, 3.05) is 64.4 Å². The number of carbonyl (C=O) groups excluding carboxylic acids is 1. The molecule has 3 aliphatic rings. The number of aromatic nitrogens is 2. The van der Waals surface area contributed by atoms with Gasteiger partial charge >= 0.3 is 6.09 Å². The predicted molar refractivity (Wildman–Crippen MR) is 171 cm³/mol. The van der Waals surface area contributed by atoms with Crippen molar-refractivity contribution in [3.05, 3.63) is 54.2 Å². The van der Waals surface area contributed by atoms with E-state index >= 15 is 0 Å². The molecule has 10 heteroatoms. The van der Waals surface area contributed by atoms with Gasteiger partial charge in [-0.25, -0.2) is 14.8 Å². The molecular formula is C34H44N6O4. The molecule has 2 saturated heterocycles. The van der Waals surface area contributed by atoms with Gasteiger partial charge in [0.25, 0.3) is 5.91 Å². The molecule has 0 spiro atoms. The number of amides is 2. The van der Waals surface area contributed by atoms with Gasteiger partial charge in [-0.05, 0) is 81.7 Å². The first-order valence-corrected chi connectivity index (χ1v) is 16.1. The minimum Gasteiger partial charge on any atom is -0.465 e. The summed E-state index contributed by atoms with van der Waals surface area (Å²) in [5, 5.41) is 13.9. The monoisotopic (exact) mass is 600 g/mol. The van der Waals surface area contributed by atoms with Crippen LogP contribution in [0.25, 0.3) is 22.2 Å². The number of benzene rings is 1. The molecule has 2 aliphatic heterocycles. The van der Waals surface area contributed by atoms with Gasteiger partial charge in [0.1, 0.15) is 5.82 Å². The molecule has 3 fully saturated rings. The normalized spacial score (nSPS) is 21.7. The fourth-order valence-electron chi connectivity index (χ4n) is 6.88. The van der Waals surface area contributed by atoms with Crippen LogP contribution in [0, 0.1) is 11.8 Å². The maximum absolute atomic E-state index is 13.6. The Balaban J connectivity index is 1.08. The molecule has 1 aliphatic carbocycles. The molecule has 44 heavy (non-hydrogen) atoms. The number of hydrogen-bond acceptors (Lipinski definition) is 7. The highest BCUT2D eigenvalue weighted by molar-refractivity contribution is 6.07. The third-order valence-electron chi connectivity index (χ3n) is 9.68. The minimum absolute atomic E-state index is 0.0593. The van der Waals surface area contributed by atoms with E-state index in [1.165, 1.54) is 0 Å². The summed E-state index contributed by atoms with van der Waals surface area (Å²) >= 11 is 0. The molecule has 10 nitrogen and oxygen atoms in total. The maximum atomic E-state index is 13.6. The minimum atomic E-state index is -0.822. The molecule has 0 unspecified atom stereocenters. The molecule has 0 atom stereocenters. The lowest BCUT2D eigenvalue weighted by Gasteiger charge is -2.37. The fourth-order valence-corrected chi connectivity index (χ4v) is 6.88. The van der Waals surface area contributed by atoms with Gasteiger partial charge in [0.05, 0.1) is 16.8 Å². The maximum Gasteiger partial charge on any atom is 0.407 e. The number of likely N-dealkylation sites (N-methyl/N-ethyl adjacent to an activating group) is 1. The topological polar surface area (TPSA) is 111 Å². The van der Waals surface area contributed by atoms with Gasteiger partial charge in [0.15, 0.2) is 0 Å². The van der Waals surface area contributed by atoms with E-state index in [1.54, 1.807) is 4.90 Å². The number of para-hydroxylation sites is 1. The number of carboxylic acid groups (broad SMARTS) is 1. The molecular weight excluding hydrogens is 556 g/mol. The van der Waals surface area contributed by atoms with Gasteiger partial charge in [-0.1, -0.05) is 18.2 Å². The molecule has 1 aromatic carbocycles. The first-order valence-electron chi connectivity index (χ1n) is 16.1. The highest BCUT2D eigenvalue weighted by Crippen LogP contribution is 2.31. The Morgan fingerprint density at radius 1 is 0.977 bits per heavy atom. The van der Waals surface area contributed by atoms with Crippen molar-refractivity contribution < 1.29 is 19.4 Å². The van der Waals surface area contributed by atoms with Crippen molar-refractivity contribution in [2.24, 2.45) is 11.8 Å². The lowest BCUT2D eigenvalue weighted by molar-refractivity contribution is 0.0277. The van der Waals surface area contributed by atoms with Crippen molar-refractivity contribution in [3.63, 3.8) is 0 Å². The quantitative estimate of drug-likeness (QED) is 0.382. The Morgan fingerprint density at radius 2 is 1.70 bits per heavy atom. The zero-order valence-electron chi connectivity index (χ0n) is 25.7. The number of piperazine rings is 1. The molecule has 234 valence electrons. The Hall–Kier alpha value is -3.76. The fraction of sp³-hybridized carbons (Fsp3) is 0.529. The highest BCUT2D eigenvalue weighted by atomic mass is 16.5. The largest absolute Gasteiger partial charge is 0.465 e. The molecule has 3 aromatic rings. The number of ether oxygens (including phenoxy) is 1. The van der Waals surface area contributed by atoms with E-state index in [0.717, 1.165) is 92.7 Å². The van der Waals surface area contributed by atoms with Crippen molar-refractivity contribution in [1.29, 1.82) is 0 Å². The number of nitrogens with one attached hydrogen (secondary N) is 1. The molecule has 2 N–H and O–H groups in total. The van der Waals surface area contributed by atoms with Crippen molar-refractivity contribution in [1.82, 2.24) is 25.1 Å². The molecule has 0 radical (unpaired) electrons. The van der Waals surface area contributed by atoms with Crippen LogP contribution in [0.5, 0.6) is 0 Å². The summed E-state index contributed by atoms with van der Waals surface area (Å²) in [4.78, 5) is 41.5. The molecule has 6 rings (SSSR count). The molecule has 2 amide bonds. The second kappa shape index (κ2) is 13.9. The van der Waals surface area contributed by atoms with E-state index in [1.807, 2.05) is 48.7 Å². The molecule has 1 saturated carbocycles. The van der Waals surface area contributed by atoms with E-state index in [2.05, 4.69) is 22.2 Å². The first-order chi connectivity index (χ1) is 21.4. The summed E-state index contributed by atoms with van der Waals surface area (Å²) in [5.74, 6) is 1.62. The Labute approximate surface area is 259 Å². The summed E-state index contributed by atoms with van der Waals surface area (Å²) in [7, 11) is 2.14. The van der Waals surface area contributed by atoms with E-state index in [4.69, 9.17) is 14.7 Å². The summed E-state index contributed by atoms with van der Waals surface area (Å²) in [5.41, 5.74) is 3.03. The second-order valence-corrected chi connectivity index (χ2v) is 12.6. The zero-order valence-corrected chi connectivity index (χ0v) is 25.7. The van der Waals surface area contributed by atoms with Gasteiger partial charge in [0.2, 0.25) is 0 Å². The molecule has 0 bridgehead atoms. The average Bonchev–Trinajstić information content (AvgIpc) is 3.07. The lowest BCUT2D eigenvalue weighted by atomic mass is 9.81. The summed E-state index contributed by atoms with van der Waals surface area (Å²) in [6.07, 6.45) is 6.52. The number of nitrogens with zero attached hydrogens (tertiary/aromatic N) is 5. The smallest absolute Gasteiger partial charge is 0.407 e. The SMILES string of the molecule is CN1CCN(c2ccc(-c3cc(C(=O)NCC4CCC(CN(C(=O)O)C5CCOCC5)CC4)c4ccccc4n3)cn2)CC1. The average molecular weight is 601 g/mol. The number of pyridine rings is 2.